The summed E-state index contributed by atoms with van der Waals surface area (Å²) in [7, 11) is 1.55. The van der Waals surface area contributed by atoms with Gasteiger partial charge in [0.2, 0.25) is 5.91 Å². The molecule has 1 amide bonds. The number of hydrogen-bond acceptors (Lipinski definition) is 6. The number of rotatable bonds is 6. The summed E-state index contributed by atoms with van der Waals surface area (Å²) >= 11 is 1.63. The summed E-state index contributed by atoms with van der Waals surface area (Å²) in [5.74, 6) is 1.20. The first-order chi connectivity index (χ1) is 12.1. The van der Waals surface area contributed by atoms with E-state index in [-0.39, 0.29) is 17.3 Å². The Kier molecular flexibility index (Phi) is 5.86. The van der Waals surface area contributed by atoms with Crippen LogP contribution in [0, 0.1) is 0 Å². The van der Waals surface area contributed by atoms with E-state index in [1.165, 1.54) is 19.8 Å². The molecule has 6 nitrogen and oxygen atoms in total. The minimum atomic E-state index is -0.385. The Morgan fingerprint density at radius 2 is 2.00 bits per heavy atom. The van der Waals surface area contributed by atoms with Gasteiger partial charge in [0.05, 0.1) is 12.9 Å². The fourth-order valence-corrected chi connectivity index (χ4v) is 4.51. The number of amides is 1. The topological polar surface area (TPSA) is 59.1 Å². The second-order valence-electron chi connectivity index (χ2n) is 6.30. The van der Waals surface area contributed by atoms with Crippen LogP contribution in [0.25, 0.3) is 0 Å². The van der Waals surface area contributed by atoms with Crippen LogP contribution in [-0.4, -0.2) is 60.7 Å². The van der Waals surface area contributed by atoms with Crippen molar-refractivity contribution in [1.82, 2.24) is 9.80 Å². The lowest BCUT2D eigenvalue weighted by molar-refractivity contribution is -0.132. The van der Waals surface area contributed by atoms with Gasteiger partial charge in [-0.25, -0.2) is 0 Å². The molecule has 0 spiro atoms. The van der Waals surface area contributed by atoms with Gasteiger partial charge in [0.15, 0.2) is 11.5 Å². The van der Waals surface area contributed by atoms with Crippen LogP contribution in [0.1, 0.15) is 30.7 Å². The molecule has 0 aliphatic carbocycles. The lowest BCUT2D eigenvalue weighted by Gasteiger charge is -2.27. The first kappa shape index (κ1) is 18.1. The number of benzene rings is 1. The fraction of sp³-hybridized carbons (Fsp3) is 0.556. The number of carbonyl (C=O) groups excluding carboxylic acids is 2. The van der Waals surface area contributed by atoms with E-state index in [0.29, 0.717) is 17.3 Å². The van der Waals surface area contributed by atoms with E-state index < -0.39 is 0 Å². The number of thioether (sulfide) groups is 1. The molecule has 136 valence electrons. The third kappa shape index (κ3) is 4.27. The van der Waals surface area contributed by atoms with Crippen LogP contribution in [0.3, 0.4) is 0 Å². The zero-order chi connectivity index (χ0) is 17.8. The maximum Gasteiger partial charge on any atom is 0.308 e. The van der Waals surface area contributed by atoms with Crippen LogP contribution in [0.2, 0.25) is 0 Å². The van der Waals surface area contributed by atoms with Gasteiger partial charge >= 0.3 is 5.97 Å². The number of hydrogen-bond donors (Lipinski definition) is 0. The van der Waals surface area contributed by atoms with Gasteiger partial charge in [0.1, 0.15) is 5.37 Å². The lowest BCUT2D eigenvalue weighted by Crippen LogP contribution is -2.36. The van der Waals surface area contributed by atoms with Gasteiger partial charge in [0.25, 0.3) is 0 Å². The number of likely N-dealkylation sites (tertiary alicyclic amines) is 1. The Morgan fingerprint density at radius 3 is 2.68 bits per heavy atom. The summed E-state index contributed by atoms with van der Waals surface area (Å²) in [5, 5.41) is -0.0182. The van der Waals surface area contributed by atoms with Crippen molar-refractivity contribution >= 4 is 23.6 Å². The minimum Gasteiger partial charge on any atom is -0.493 e. The maximum absolute atomic E-state index is 12.3. The smallest absolute Gasteiger partial charge is 0.308 e. The molecule has 2 aliphatic heterocycles. The van der Waals surface area contributed by atoms with Gasteiger partial charge in [-0.1, -0.05) is 6.07 Å². The van der Waals surface area contributed by atoms with Crippen molar-refractivity contribution in [3.05, 3.63) is 23.8 Å². The Balaban J connectivity index is 1.73. The van der Waals surface area contributed by atoms with Crippen molar-refractivity contribution in [2.24, 2.45) is 0 Å². The highest BCUT2D eigenvalue weighted by molar-refractivity contribution is 8.00. The van der Waals surface area contributed by atoms with Crippen LogP contribution in [0.4, 0.5) is 0 Å². The van der Waals surface area contributed by atoms with Crippen molar-refractivity contribution in [3.63, 3.8) is 0 Å². The summed E-state index contributed by atoms with van der Waals surface area (Å²) in [5.41, 5.74) is 0.991. The molecule has 0 radical (unpaired) electrons. The number of nitrogens with zero attached hydrogens (tertiary/aromatic N) is 2. The molecule has 0 saturated carbocycles. The van der Waals surface area contributed by atoms with Gasteiger partial charge in [-0.2, -0.15) is 0 Å². The van der Waals surface area contributed by atoms with Crippen LogP contribution in [-0.2, 0) is 9.59 Å². The largest absolute Gasteiger partial charge is 0.493 e. The Morgan fingerprint density at radius 1 is 1.24 bits per heavy atom. The minimum absolute atomic E-state index is 0.0182. The van der Waals surface area contributed by atoms with E-state index in [1.54, 1.807) is 24.9 Å². The molecule has 1 aromatic rings. The number of methoxy groups -OCH3 is 1. The van der Waals surface area contributed by atoms with Crippen molar-refractivity contribution in [1.29, 1.82) is 0 Å². The molecule has 3 rings (SSSR count). The number of ether oxygens (including phenoxy) is 2. The molecule has 1 unspecified atom stereocenters. The number of carbonyl (C=O) groups is 2. The van der Waals surface area contributed by atoms with Gasteiger partial charge in [-0.05, 0) is 43.6 Å². The molecule has 0 N–H and O–H groups in total. The van der Waals surface area contributed by atoms with Crippen molar-refractivity contribution in [2.75, 3.05) is 39.0 Å². The highest BCUT2D eigenvalue weighted by Gasteiger charge is 2.33. The molecular formula is C18H24N2O4S. The van der Waals surface area contributed by atoms with E-state index >= 15 is 0 Å². The van der Waals surface area contributed by atoms with Crippen molar-refractivity contribution in [3.8, 4) is 11.5 Å². The molecule has 1 atom stereocenters. The van der Waals surface area contributed by atoms with Gasteiger partial charge < -0.3 is 19.3 Å². The van der Waals surface area contributed by atoms with E-state index in [0.717, 1.165) is 31.7 Å². The van der Waals surface area contributed by atoms with Crippen LogP contribution in [0.5, 0.6) is 11.5 Å². The molecule has 2 fully saturated rings. The SMILES string of the molecule is COc1cc(C2SCC(=O)N2CCN2CCCC2)ccc1OC(C)=O. The van der Waals surface area contributed by atoms with E-state index in [2.05, 4.69) is 4.90 Å². The summed E-state index contributed by atoms with van der Waals surface area (Å²) in [6.07, 6.45) is 2.50. The summed E-state index contributed by atoms with van der Waals surface area (Å²) in [6, 6.07) is 5.49. The molecule has 2 aliphatic rings. The van der Waals surface area contributed by atoms with Crippen molar-refractivity contribution in [2.45, 2.75) is 25.1 Å². The van der Waals surface area contributed by atoms with E-state index in [4.69, 9.17) is 9.47 Å². The van der Waals surface area contributed by atoms with Crippen molar-refractivity contribution < 1.29 is 19.1 Å². The third-order valence-corrected chi connectivity index (χ3v) is 5.81. The number of esters is 1. The second kappa shape index (κ2) is 8.10. The quantitative estimate of drug-likeness (QED) is 0.570. The van der Waals surface area contributed by atoms with E-state index in [1.807, 2.05) is 17.0 Å². The average Bonchev–Trinajstić information content (AvgIpc) is 3.22. The molecule has 7 heteroatoms. The first-order valence-corrected chi connectivity index (χ1v) is 9.63. The summed E-state index contributed by atoms with van der Waals surface area (Å²) in [4.78, 5) is 27.9. The van der Waals surface area contributed by atoms with E-state index in [9.17, 15) is 9.59 Å². The normalized spacial score (nSPS) is 21.0. The van der Waals surface area contributed by atoms with Crippen LogP contribution < -0.4 is 9.47 Å². The Bertz CT molecular complexity index is 646. The van der Waals surface area contributed by atoms with Crippen LogP contribution >= 0.6 is 11.8 Å². The highest BCUT2D eigenvalue weighted by atomic mass is 32.2. The Labute approximate surface area is 152 Å². The second-order valence-corrected chi connectivity index (χ2v) is 7.37. The summed E-state index contributed by atoms with van der Waals surface area (Å²) < 4.78 is 10.5. The zero-order valence-corrected chi connectivity index (χ0v) is 15.5. The molecule has 0 aromatic heterocycles. The maximum atomic E-state index is 12.3. The molecule has 2 heterocycles. The molecule has 1 aromatic carbocycles. The summed E-state index contributed by atoms with van der Waals surface area (Å²) in [6.45, 7) is 5.28. The lowest BCUT2D eigenvalue weighted by atomic mass is 10.1. The third-order valence-electron chi connectivity index (χ3n) is 4.55. The van der Waals surface area contributed by atoms with Gasteiger partial charge in [-0.3, -0.25) is 9.59 Å². The molecular weight excluding hydrogens is 340 g/mol. The predicted octanol–water partition coefficient (Wildman–Crippen LogP) is 2.29. The molecule has 25 heavy (non-hydrogen) atoms. The first-order valence-electron chi connectivity index (χ1n) is 8.58. The predicted molar refractivity (Wildman–Crippen MR) is 96.9 cm³/mol. The fourth-order valence-electron chi connectivity index (χ4n) is 3.30. The monoisotopic (exact) mass is 364 g/mol. The van der Waals surface area contributed by atoms with Gasteiger partial charge in [0, 0.05) is 20.0 Å². The standard InChI is InChI=1S/C18H24N2O4S/c1-13(21)24-15-6-5-14(11-16(15)23-2)18-20(17(22)12-25-18)10-9-19-7-3-4-8-19/h5-6,11,18H,3-4,7-10,12H2,1-2H3. The average molecular weight is 364 g/mol. The Hall–Kier alpha value is -1.73. The molecule has 0 bridgehead atoms. The van der Waals surface area contributed by atoms with Gasteiger partial charge in [-0.15, -0.1) is 11.8 Å². The molecule has 2 saturated heterocycles. The zero-order valence-electron chi connectivity index (χ0n) is 14.7. The highest BCUT2D eigenvalue weighted by Crippen LogP contribution is 2.41. The van der Waals surface area contributed by atoms with Crippen LogP contribution in [0.15, 0.2) is 18.2 Å².